The number of thiazole rings is 1. The van der Waals surface area contributed by atoms with Gasteiger partial charge >= 0.3 is 0 Å². The summed E-state index contributed by atoms with van der Waals surface area (Å²) in [4.78, 5) is 22.9. The van der Waals surface area contributed by atoms with Gasteiger partial charge in [-0.1, -0.05) is 18.2 Å². The molecule has 0 radical (unpaired) electrons. The molecule has 3 aromatic heterocycles. The fourth-order valence-electron chi connectivity index (χ4n) is 3.39. The Hall–Kier alpha value is -2.44. The lowest BCUT2D eigenvalue weighted by Crippen LogP contribution is -2.36. The zero-order valence-corrected chi connectivity index (χ0v) is 15.0. The highest BCUT2D eigenvalue weighted by atomic mass is 32.1. The van der Waals surface area contributed by atoms with Gasteiger partial charge in [0, 0.05) is 58.0 Å². The largest absolute Gasteiger partial charge is 0.358 e. The van der Waals surface area contributed by atoms with Crippen LogP contribution in [0.4, 0.5) is 0 Å². The highest BCUT2D eigenvalue weighted by molar-refractivity contribution is 7.14. The molecular formula is C19H15N3OS2. The monoisotopic (exact) mass is 365 g/mol. The van der Waals surface area contributed by atoms with Gasteiger partial charge in [0.2, 0.25) is 0 Å². The van der Waals surface area contributed by atoms with Crippen molar-refractivity contribution < 1.29 is 4.79 Å². The first-order valence-electron chi connectivity index (χ1n) is 8.15. The number of nitrogens with one attached hydrogen (secondary N) is 1. The fourth-order valence-corrected chi connectivity index (χ4v) is 4.90. The van der Waals surface area contributed by atoms with Crippen LogP contribution in [0.5, 0.6) is 0 Å². The van der Waals surface area contributed by atoms with Crippen LogP contribution in [-0.4, -0.2) is 27.3 Å². The summed E-state index contributed by atoms with van der Waals surface area (Å²) in [6, 6.07) is 10.3. The van der Waals surface area contributed by atoms with E-state index in [9.17, 15) is 4.79 Å². The topological polar surface area (TPSA) is 49.0 Å². The number of hydrogen-bond donors (Lipinski definition) is 1. The summed E-state index contributed by atoms with van der Waals surface area (Å²) >= 11 is 3.17. The van der Waals surface area contributed by atoms with Crippen LogP contribution in [-0.2, 0) is 13.0 Å². The van der Waals surface area contributed by atoms with Crippen molar-refractivity contribution >= 4 is 39.5 Å². The summed E-state index contributed by atoms with van der Waals surface area (Å²) in [5.74, 6) is 0.0219. The van der Waals surface area contributed by atoms with Crippen LogP contribution < -0.4 is 0 Å². The zero-order valence-electron chi connectivity index (χ0n) is 13.4. The molecule has 6 heteroatoms. The number of carbonyl (C=O) groups excluding carboxylic acids is 1. The number of aromatic nitrogens is 2. The van der Waals surface area contributed by atoms with E-state index >= 15 is 0 Å². The average molecular weight is 365 g/mol. The van der Waals surface area contributed by atoms with Crippen molar-refractivity contribution in [2.24, 2.45) is 0 Å². The lowest BCUT2D eigenvalue weighted by Gasteiger charge is -2.26. The van der Waals surface area contributed by atoms with Crippen LogP contribution in [0.2, 0.25) is 0 Å². The first-order valence-corrected chi connectivity index (χ1v) is 9.97. The number of amides is 1. The third-order valence-corrected chi connectivity index (χ3v) is 6.24. The van der Waals surface area contributed by atoms with Crippen molar-refractivity contribution in [3.8, 4) is 10.6 Å². The third kappa shape index (κ3) is 2.49. The summed E-state index contributed by atoms with van der Waals surface area (Å²) < 4.78 is 0. The molecule has 1 aliphatic rings. The van der Waals surface area contributed by atoms with Gasteiger partial charge in [0.25, 0.3) is 5.91 Å². The first-order chi connectivity index (χ1) is 12.3. The van der Waals surface area contributed by atoms with E-state index in [1.807, 2.05) is 33.9 Å². The van der Waals surface area contributed by atoms with E-state index in [2.05, 4.69) is 27.5 Å². The fraction of sp³-hybridized carbons (Fsp3) is 0.158. The second-order valence-electron chi connectivity index (χ2n) is 6.15. The molecule has 0 bridgehead atoms. The molecular weight excluding hydrogens is 350 g/mol. The molecule has 0 saturated carbocycles. The van der Waals surface area contributed by atoms with Crippen molar-refractivity contribution in [2.45, 2.75) is 13.0 Å². The third-order valence-electron chi connectivity index (χ3n) is 4.66. The summed E-state index contributed by atoms with van der Waals surface area (Å²) in [6.07, 6.45) is 0.858. The van der Waals surface area contributed by atoms with Crippen LogP contribution in [0.25, 0.3) is 21.5 Å². The Bertz CT molecular complexity index is 1060. The zero-order chi connectivity index (χ0) is 16.8. The van der Waals surface area contributed by atoms with Crippen molar-refractivity contribution in [3.05, 3.63) is 63.4 Å². The van der Waals surface area contributed by atoms with Gasteiger partial charge in [0.15, 0.2) is 0 Å². The molecule has 0 atom stereocenters. The number of aromatic amines is 1. The molecule has 0 fully saturated rings. The molecule has 1 aliphatic heterocycles. The standard InChI is InChI=1S/C19H15N3OS2/c23-19(17-11-25-18(21-17)12-6-8-24-10-12)22-7-5-16-14(9-22)13-3-1-2-4-15(13)20-16/h1-4,6,8,10-11,20H,5,7,9H2. The van der Waals surface area contributed by atoms with Crippen molar-refractivity contribution in [2.75, 3.05) is 6.54 Å². The minimum absolute atomic E-state index is 0.0219. The van der Waals surface area contributed by atoms with Crippen LogP contribution in [0.15, 0.2) is 46.5 Å². The minimum atomic E-state index is 0.0219. The lowest BCUT2D eigenvalue weighted by molar-refractivity contribution is 0.0730. The second kappa shape index (κ2) is 5.82. The van der Waals surface area contributed by atoms with Gasteiger partial charge in [-0.25, -0.2) is 4.98 Å². The smallest absolute Gasteiger partial charge is 0.273 e. The minimum Gasteiger partial charge on any atom is -0.358 e. The van der Waals surface area contributed by atoms with Gasteiger partial charge < -0.3 is 9.88 Å². The molecule has 4 aromatic rings. The Morgan fingerprint density at radius 2 is 2.12 bits per heavy atom. The Labute approximate surface area is 152 Å². The van der Waals surface area contributed by atoms with E-state index < -0.39 is 0 Å². The molecule has 0 aliphatic carbocycles. The second-order valence-corrected chi connectivity index (χ2v) is 7.79. The Morgan fingerprint density at radius 3 is 3.00 bits per heavy atom. The molecule has 1 aromatic carbocycles. The summed E-state index contributed by atoms with van der Waals surface area (Å²) in [5, 5.41) is 8.09. The molecule has 5 rings (SSSR count). The van der Waals surface area contributed by atoms with Crippen LogP contribution in [0.3, 0.4) is 0 Å². The van der Waals surface area contributed by atoms with Gasteiger partial charge in [0.1, 0.15) is 10.7 Å². The molecule has 25 heavy (non-hydrogen) atoms. The van der Waals surface area contributed by atoms with E-state index in [1.165, 1.54) is 28.0 Å². The Kier molecular flexibility index (Phi) is 3.46. The molecule has 0 spiro atoms. The maximum atomic E-state index is 12.9. The van der Waals surface area contributed by atoms with Gasteiger partial charge in [-0.2, -0.15) is 11.3 Å². The number of para-hydroxylation sites is 1. The number of benzene rings is 1. The van der Waals surface area contributed by atoms with Crippen molar-refractivity contribution in [1.82, 2.24) is 14.9 Å². The molecule has 0 unspecified atom stereocenters. The van der Waals surface area contributed by atoms with Gasteiger partial charge in [-0.15, -0.1) is 11.3 Å². The molecule has 4 heterocycles. The first kappa shape index (κ1) is 14.9. The van der Waals surface area contributed by atoms with Gasteiger partial charge in [0.05, 0.1) is 0 Å². The number of hydrogen-bond acceptors (Lipinski definition) is 4. The maximum Gasteiger partial charge on any atom is 0.273 e. The lowest BCUT2D eigenvalue weighted by atomic mass is 10.0. The van der Waals surface area contributed by atoms with Crippen LogP contribution in [0, 0.1) is 0 Å². The summed E-state index contributed by atoms with van der Waals surface area (Å²) in [7, 11) is 0. The Balaban J connectivity index is 1.44. The van der Waals surface area contributed by atoms with Gasteiger partial charge in [-0.3, -0.25) is 4.79 Å². The van der Waals surface area contributed by atoms with E-state index in [-0.39, 0.29) is 5.91 Å². The molecule has 124 valence electrons. The van der Waals surface area contributed by atoms with Crippen molar-refractivity contribution in [3.63, 3.8) is 0 Å². The summed E-state index contributed by atoms with van der Waals surface area (Å²) in [6.45, 7) is 1.37. The van der Waals surface area contributed by atoms with E-state index in [0.717, 1.165) is 29.1 Å². The van der Waals surface area contributed by atoms with E-state index in [4.69, 9.17) is 0 Å². The van der Waals surface area contributed by atoms with Crippen LogP contribution in [0.1, 0.15) is 21.7 Å². The normalized spacial score (nSPS) is 14.0. The quantitative estimate of drug-likeness (QED) is 0.566. The SMILES string of the molecule is O=C(c1csc(-c2ccsc2)n1)N1CCc2[nH]c3ccccc3c2C1. The highest BCUT2D eigenvalue weighted by Gasteiger charge is 2.26. The maximum absolute atomic E-state index is 12.9. The molecule has 1 amide bonds. The predicted octanol–water partition coefficient (Wildman–Crippen LogP) is 4.55. The molecule has 4 nitrogen and oxygen atoms in total. The Morgan fingerprint density at radius 1 is 1.20 bits per heavy atom. The summed E-state index contributed by atoms with van der Waals surface area (Å²) in [5.41, 5.74) is 5.28. The number of thiophene rings is 1. The molecule has 0 saturated heterocycles. The number of fused-ring (bicyclic) bond motifs is 3. The average Bonchev–Trinajstić information content (AvgIpc) is 3.38. The number of H-pyrrole nitrogens is 1. The number of carbonyl (C=O) groups is 1. The van der Waals surface area contributed by atoms with Crippen LogP contribution >= 0.6 is 22.7 Å². The van der Waals surface area contributed by atoms with E-state index in [0.29, 0.717) is 12.2 Å². The van der Waals surface area contributed by atoms with Gasteiger partial charge in [-0.05, 0) is 17.5 Å². The number of nitrogens with zero attached hydrogens (tertiary/aromatic N) is 2. The number of rotatable bonds is 2. The molecule has 1 N–H and O–H groups in total. The van der Waals surface area contributed by atoms with Crippen molar-refractivity contribution in [1.29, 1.82) is 0 Å². The predicted molar refractivity (Wildman–Crippen MR) is 102 cm³/mol. The van der Waals surface area contributed by atoms with E-state index in [1.54, 1.807) is 11.3 Å². The highest BCUT2D eigenvalue weighted by Crippen LogP contribution is 2.30.